The van der Waals surface area contributed by atoms with E-state index in [2.05, 4.69) is 46.4 Å². The van der Waals surface area contributed by atoms with Gasteiger partial charge in [0.25, 0.3) is 0 Å². The molecule has 1 fully saturated rings. The molecule has 13 heteroatoms. The van der Waals surface area contributed by atoms with Crippen molar-refractivity contribution in [1.82, 2.24) is 45.5 Å². The molecule has 1 amide bonds. The molecule has 4 heterocycles. The summed E-state index contributed by atoms with van der Waals surface area (Å²) in [5, 5.41) is 31.2. The zero-order chi connectivity index (χ0) is 21.2. The smallest absolute Gasteiger partial charge is 0.227 e. The second-order valence-electron chi connectivity index (χ2n) is 7.10. The van der Waals surface area contributed by atoms with Crippen LogP contribution in [0.25, 0.3) is 11.3 Å². The van der Waals surface area contributed by atoms with E-state index in [1.807, 2.05) is 42.7 Å². The molecule has 0 saturated carbocycles. The minimum absolute atomic E-state index is 0.0162. The van der Waals surface area contributed by atoms with Crippen molar-refractivity contribution in [3.8, 4) is 5.69 Å². The first-order valence-corrected chi connectivity index (χ1v) is 11.0. The summed E-state index contributed by atoms with van der Waals surface area (Å²) in [7, 11) is 0. The number of fused-ring (bicyclic) bond motifs is 1. The topological polar surface area (TPSA) is 132 Å². The summed E-state index contributed by atoms with van der Waals surface area (Å²) in [5.74, 6) is 0.756. The molecule has 158 valence electrons. The standard InChI is InChI=1S/C18H19N11OS/c1-31-18-21-24-25-28(18)14-4-2-3-13(11-14)19-17(30)12-7-9-27(10-8-12)16-6-5-15-20-23-26-29(15)22-16/h2-6,11-12H,7-10H2,1H3,(H,19,30). The van der Waals surface area contributed by atoms with E-state index < -0.39 is 0 Å². The molecule has 0 aliphatic carbocycles. The molecular weight excluding hydrogens is 418 g/mol. The number of nitrogens with one attached hydrogen (secondary N) is 1. The molecule has 0 unspecified atom stereocenters. The lowest BCUT2D eigenvalue weighted by atomic mass is 9.96. The van der Waals surface area contributed by atoms with E-state index in [9.17, 15) is 4.79 Å². The average molecular weight is 437 g/mol. The number of aromatic nitrogens is 9. The quantitative estimate of drug-likeness (QED) is 0.452. The van der Waals surface area contributed by atoms with Gasteiger partial charge >= 0.3 is 0 Å². The summed E-state index contributed by atoms with van der Waals surface area (Å²) in [4.78, 5) is 15.0. The fraction of sp³-hybridized carbons (Fsp3) is 0.333. The zero-order valence-corrected chi connectivity index (χ0v) is 17.5. The van der Waals surface area contributed by atoms with Gasteiger partial charge in [0.1, 0.15) is 0 Å². The maximum Gasteiger partial charge on any atom is 0.227 e. The molecule has 1 aliphatic rings. The van der Waals surface area contributed by atoms with Crippen molar-refractivity contribution in [3.63, 3.8) is 0 Å². The number of hydrogen-bond acceptors (Lipinski definition) is 10. The summed E-state index contributed by atoms with van der Waals surface area (Å²) in [6.07, 6.45) is 3.39. The van der Waals surface area contributed by atoms with Crippen LogP contribution < -0.4 is 10.2 Å². The highest BCUT2D eigenvalue weighted by Gasteiger charge is 2.26. The second kappa shape index (κ2) is 8.26. The van der Waals surface area contributed by atoms with Gasteiger partial charge in [-0.25, -0.2) is 0 Å². The van der Waals surface area contributed by atoms with Crippen LogP contribution in [-0.4, -0.2) is 70.7 Å². The Kier molecular flexibility index (Phi) is 5.16. The molecule has 0 bridgehead atoms. The highest BCUT2D eigenvalue weighted by molar-refractivity contribution is 7.98. The average Bonchev–Trinajstić information content (AvgIpc) is 3.48. The van der Waals surface area contributed by atoms with E-state index in [-0.39, 0.29) is 11.8 Å². The summed E-state index contributed by atoms with van der Waals surface area (Å²) < 4.78 is 3.06. The fourth-order valence-corrected chi connectivity index (χ4v) is 4.04. The number of thioether (sulfide) groups is 1. The van der Waals surface area contributed by atoms with Gasteiger partial charge in [0.2, 0.25) is 11.1 Å². The number of benzene rings is 1. The van der Waals surface area contributed by atoms with Gasteiger partial charge in [-0.3, -0.25) is 4.79 Å². The van der Waals surface area contributed by atoms with Crippen LogP contribution in [0, 0.1) is 5.92 Å². The Bertz CT molecular complexity index is 1210. The fourth-order valence-electron chi connectivity index (χ4n) is 3.61. The first-order chi connectivity index (χ1) is 15.2. The summed E-state index contributed by atoms with van der Waals surface area (Å²) in [6, 6.07) is 11.2. The monoisotopic (exact) mass is 437 g/mol. The van der Waals surface area contributed by atoms with Gasteiger partial charge in [-0.15, -0.1) is 19.9 Å². The molecule has 1 saturated heterocycles. The zero-order valence-electron chi connectivity index (χ0n) is 16.7. The van der Waals surface area contributed by atoms with Gasteiger partial charge in [-0.2, -0.15) is 4.68 Å². The summed E-state index contributed by atoms with van der Waals surface area (Å²) >= 11 is 1.46. The number of amides is 1. The van der Waals surface area contributed by atoms with E-state index in [1.54, 1.807) is 4.68 Å². The second-order valence-corrected chi connectivity index (χ2v) is 7.87. The maximum atomic E-state index is 12.8. The van der Waals surface area contributed by atoms with Crippen molar-refractivity contribution in [2.24, 2.45) is 5.92 Å². The minimum atomic E-state index is -0.0635. The van der Waals surface area contributed by atoms with E-state index in [0.29, 0.717) is 10.8 Å². The Hall–Kier alpha value is -3.61. The van der Waals surface area contributed by atoms with Crippen LogP contribution in [0.5, 0.6) is 0 Å². The van der Waals surface area contributed by atoms with Crippen LogP contribution in [0.3, 0.4) is 0 Å². The van der Waals surface area contributed by atoms with Crippen LogP contribution in [0.2, 0.25) is 0 Å². The normalized spacial score (nSPS) is 14.8. The van der Waals surface area contributed by atoms with E-state index in [4.69, 9.17) is 0 Å². The highest BCUT2D eigenvalue weighted by atomic mass is 32.2. The molecule has 31 heavy (non-hydrogen) atoms. The molecule has 3 aromatic heterocycles. The van der Waals surface area contributed by atoms with E-state index >= 15 is 0 Å². The number of tetrazole rings is 2. The number of piperidine rings is 1. The van der Waals surface area contributed by atoms with Crippen molar-refractivity contribution in [1.29, 1.82) is 0 Å². The number of carbonyl (C=O) groups excluding carboxylic acids is 1. The molecule has 1 N–H and O–H groups in total. The van der Waals surface area contributed by atoms with Crippen molar-refractivity contribution in [2.75, 3.05) is 29.6 Å². The molecule has 12 nitrogen and oxygen atoms in total. The van der Waals surface area contributed by atoms with Crippen LogP contribution >= 0.6 is 11.8 Å². The third kappa shape index (κ3) is 3.91. The molecular formula is C18H19N11OS. The molecule has 0 spiro atoms. The van der Waals surface area contributed by atoms with Crippen LogP contribution in [-0.2, 0) is 4.79 Å². The van der Waals surface area contributed by atoms with Gasteiger partial charge in [0.15, 0.2) is 11.5 Å². The van der Waals surface area contributed by atoms with Crippen molar-refractivity contribution < 1.29 is 4.79 Å². The van der Waals surface area contributed by atoms with Gasteiger partial charge in [-0.1, -0.05) is 17.8 Å². The highest BCUT2D eigenvalue weighted by Crippen LogP contribution is 2.24. The van der Waals surface area contributed by atoms with Crippen LogP contribution in [0.4, 0.5) is 11.5 Å². The third-order valence-electron chi connectivity index (χ3n) is 5.23. The van der Waals surface area contributed by atoms with Gasteiger partial charge < -0.3 is 10.2 Å². The lowest BCUT2D eigenvalue weighted by Gasteiger charge is -2.31. The van der Waals surface area contributed by atoms with Gasteiger partial charge in [0, 0.05) is 24.7 Å². The third-order valence-corrected chi connectivity index (χ3v) is 5.85. The number of nitrogens with zero attached hydrogens (tertiary/aromatic N) is 10. The SMILES string of the molecule is CSc1nnnn1-c1cccc(NC(=O)C2CCN(c3ccc4nnnn4n3)CC2)c1. The van der Waals surface area contributed by atoms with Crippen LogP contribution in [0.15, 0.2) is 41.6 Å². The minimum Gasteiger partial charge on any atom is -0.355 e. The predicted molar refractivity (Wildman–Crippen MR) is 113 cm³/mol. The first-order valence-electron chi connectivity index (χ1n) is 9.75. The largest absolute Gasteiger partial charge is 0.355 e. The number of hydrogen-bond donors (Lipinski definition) is 1. The van der Waals surface area contributed by atoms with E-state index in [1.165, 1.54) is 16.4 Å². The van der Waals surface area contributed by atoms with Gasteiger partial charge in [-0.05, 0) is 70.3 Å². The Morgan fingerprint density at radius 1 is 1.10 bits per heavy atom. The summed E-state index contributed by atoms with van der Waals surface area (Å²) in [5.41, 5.74) is 2.12. The maximum absolute atomic E-state index is 12.8. The Balaban J connectivity index is 1.22. The molecule has 1 aromatic carbocycles. The Labute approximate surface area is 181 Å². The number of carbonyl (C=O) groups is 1. The molecule has 1 aliphatic heterocycles. The van der Waals surface area contributed by atoms with E-state index in [0.717, 1.165) is 43.1 Å². The molecule has 4 aromatic rings. The Morgan fingerprint density at radius 3 is 2.77 bits per heavy atom. The van der Waals surface area contributed by atoms with Gasteiger partial charge in [0.05, 0.1) is 5.69 Å². The van der Waals surface area contributed by atoms with Crippen molar-refractivity contribution in [2.45, 2.75) is 18.0 Å². The lowest BCUT2D eigenvalue weighted by molar-refractivity contribution is -0.120. The number of rotatable bonds is 5. The first kappa shape index (κ1) is 19.4. The molecule has 0 atom stereocenters. The molecule has 5 rings (SSSR count). The summed E-state index contributed by atoms with van der Waals surface area (Å²) in [6.45, 7) is 1.47. The van der Waals surface area contributed by atoms with Crippen LogP contribution in [0.1, 0.15) is 12.8 Å². The predicted octanol–water partition coefficient (Wildman–Crippen LogP) is 1.07. The number of anilines is 2. The lowest BCUT2D eigenvalue weighted by Crippen LogP contribution is -2.38. The van der Waals surface area contributed by atoms with Crippen molar-refractivity contribution in [3.05, 3.63) is 36.4 Å². The Morgan fingerprint density at radius 2 is 1.94 bits per heavy atom. The molecule has 0 radical (unpaired) electrons. The van der Waals surface area contributed by atoms with Crippen molar-refractivity contribution >= 4 is 34.8 Å².